The van der Waals surface area contributed by atoms with Gasteiger partial charge in [-0.3, -0.25) is 4.79 Å². The van der Waals surface area contributed by atoms with E-state index in [0.717, 1.165) is 11.8 Å². The monoisotopic (exact) mass is 299 g/mol. The summed E-state index contributed by atoms with van der Waals surface area (Å²) >= 11 is 3.39. The van der Waals surface area contributed by atoms with E-state index in [4.69, 9.17) is 4.74 Å². The summed E-state index contributed by atoms with van der Waals surface area (Å²) in [5, 5.41) is 3.88. The standard InChI is InChI=1S/C13H18BrNO2/c1-10(7-8-14)9-15-13(16)11-5-3-4-6-12(11)17-2/h3-6,10H,7-9H2,1-2H3,(H,15,16). The number of carbonyl (C=O) groups excluding carboxylic acids is 1. The lowest BCUT2D eigenvalue weighted by Crippen LogP contribution is -2.28. The number of hydrogen-bond acceptors (Lipinski definition) is 2. The molecular weight excluding hydrogens is 282 g/mol. The van der Waals surface area contributed by atoms with Crippen molar-refractivity contribution in [3.63, 3.8) is 0 Å². The Morgan fingerprint density at radius 1 is 1.47 bits per heavy atom. The molecule has 0 aromatic heterocycles. The first-order chi connectivity index (χ1) is 8.19. The number of carbonyl (C=O) groups is 1. The number of nitrogens with one attached hydrogen (secondary N) is 1. The maximum Gasteiger partial charge on any atom is 0.255 e. The van der Waals surface area contributed by atoms with E-state index in [2.05, 4.69) is 28.2 Å². The largest absolute Gasteiger partial charge is 0.496 e. The number of methoxy groups -OCH3 is 1. The molecule has 1 N–H and O–H groups in total. The number of ether oxygens (including phenoxy) is 1. The summed E-state index contributed by atoms with van der Waals surface area (Å²) in [6.07, 6.45) is 1.05. The number of benzene rings is 1. The van der Waals surface area contributed by atoms with Crippen LogP contribution in [0.3, 0.4) is 0 Å². The molecule has 3 nitrogen and oxygen atoms in total. The van der Waals surface area contributed by atoms with Gasteiger partial charge in [0.1, 0.15) is 5.75 Å². The topological polar surface area (TPSA) is 38.3 Å². The molecule has 0 heterocycles. The van der Waals surface area contributed by atoms with Gasteiger partial charge >= 0.3 is 0 Å². The van der Waals surface area contributed by atoms with Gasteiger partial charge < -0.3 is 10.1 Å². The third-order valence-corrected chi connectivity index (χ3v) is 3.02. The highest BCUT2D eigenvalue weighted by atomic mass is 79.9. The zero-order valence-corrected chi connectivity index (χ0v) is 11.8. The molecule has 1 atom stereocenters. The molecule has 4 heteroatoms. The molecule has 1 aromatic rings. The average Bonchev–Trinajstić information content (AvgIpc) is 2.36. The zero-order valence-electron chi connectivity index (χ0n) is 10.2. The molecule has 0 bridgehead atoms. The highest BCUT2D eigenvalue weighted by Crippen LogP contribution is 2.16. The van der Waals surface area contributed by atoms with Gasteiger partial charge in [-0.05, 0) is 24.5 Å². The Balaban J connectivity index is 2.58. The molecule has 1 unspecified atom stereocenters. The Morgan fingerprint density at radius 2 is 2.18 bits per heavy atom. The van der Waals surface area contributed by atoms with Crippen molar-refractivity contribution < 1.29 is 9.53 Å². The SMILES string of the molecule is COc1ccccc1C(=O)NCC(C)CCBr. The van der Waals surface area contributed by atoms with Gasteiger partial charge in [-0.2, -0.15) is 0 Å². The van der Waals surface area contributed by atoms with Gasteiger partial charge in [-0.15, -0.1) is 0 Å². The van der Waals surface area contributed by atoms with Crippen molar-refractivity contribution in [2.75, 3.05) is 19.0 Å². The van der Waals surface area contributed by atoms with Crippen molar-refractivity contribution in [1.82, 2.24) is 5.32 Å². The number of alkyl halides is 1. The van der Waals surface area contributed by atoms with E-state index in [1.54, 1.807) is 19.2 Å². The minimum atomic E-state index is -0.0797. The summed E-state index contributed by atoms with van der Waals surface area (Å²) < 4.78 is 5.15. The summed E-state index contributed by atoms with van der Waals surface area (Å²) in [5.74, 6) is 0.995. The molecule has 0 aliphatic rings. The Hall–Kier alpha value is -1.03. The third-order valence-electron chi connectivity index (χ3n) is 2.56. The van der Waals surface area contributed by atoms with E-state index in [1.807, 2.05) is 12.1 Å². The van der Waals surface area contributed by atoms with Crippen LogP contribution in [0.4, 0.5) is 0 Å². The third kappa shape index (κ3) is 4.38. The maximum absolute atomic E-state index is 11.9. The molecule has 0 spiro atoms. The normalized spacial score (nSPS) is 11.9. The van der Waals surface area contributed by atoms with Gasteiger partial charge in [0.15, 0.2) is 0 Å². The molecule has 17 heavy (non-hydrogen) atoms. The second-order valence-electron chi connectivity index (χ2n) is 3.99. The molecule has 0 fully saturated rings. The Bertz CT molecular complexity index is 368. The van der Waals surface area contributed by atoms with Gasteiger partial charge in [0.2, 0.25) is 0 Å². The zero-order chi connectivity index (χ0) is 12.7. The number of hydrogen-bond donors (Lipinski definition) is 1. The molecule has 0 aliphatic heterocycles. The van der Waals surface area contributed by atoms with Gasteiger partial charge in [0, 0.05) is 11.9 Å². The van der Waals surface area contributed by atoms with E-state index in [9.17, 15) is 4.79 Å². The predicted octanol–water partition coefficient (Wildman–Crippen LogP) is 2.85. The quantitative estimate of drug-likeness (QED) is 0.820. The van der Waals surface area contributed by atoms with Gasteiger partial charge in [-0.25, -0.2) is 0 Å². The second-order valence-corrected chi connectivity index (χ2v) is 4.79. The molecular formula is C13H18BrNO2. The second kappa shape index (κ2) is 7.33. The van der Waals surface area contributed by atoms with Crippen molar-refractivity contribution in [2.24, 2.45) is 5.92 Å². The van der Waals surface area contributed by atoms with Crippen LogP contribution in [-0.2, 0) is 0 Å². The minimum Gasteiger partial charge on any atom is -0.496 e. The molecule has 0 saturated carbocycles. The Labute approximate surface area is 111 Å². The lowest BCUT2D eigenvalue weighted by atomic mass is 10.1. The fourth-order valence-corrected chi connectivity index (χ4v) is 2.26. The number of halogens is 1. The molecule has 94 valence electrons. The first-order valence-electron chi connectivity index (χ1n) is 5.66. The minimum absolute atomic E-state index is 0.0797. The fourth-order valence-electron chi connectivity index (χ4n) is 1.48. The molecule has 1 rings (SSSR count). The van der Waals surface area contributed by atoms with Crippen molar-refractivity contribution >= 4 is 21.8 Å². The Kier molecular flexibility index (Phi) is 6.05. The van der Waals surface area contributed by atoms with Crippen LogP contribution in [0.15, 0.2) is 24.3 Å². The molecule has 0 radical (unpaired) electrons. The average molecular weight is 300 g/mol. The highest BCUT2D eigenvalue weighted by Gasteiger charge is 2.11. The van der Waals surface area contributed by atoms with E-state index >= 15 is 0 Å². The van der Waals surface area contributed by atoms with E-state index in [-0.39, 0.29) is 5.91 Å². The molecule has 1 amide bonds. The van der Waals surface area contributed by atoms with Crippen LogP contribution >= 0.6 is 15.9 Å². The van der Waals surface area contributed by atoms with Crippen molar-refractivity contribution in [1.29, 1.82) is 0 Å². The van der Waals surface area contributed by atoms with Crippen LogP contribution in [0.2, 0.25) is 0 Å². The van der Waals surface area contributed by atoms with Crippen molar-refractivity contribution in [3.05, 3.63) is 29.8 Å². The lowest BCUT2D eigenvalue weighted by Gasteiger charge is -2.12. The van der Waals surface area contributed by atoms with Gasteiger partial charge in [-0.1, -0.05) is 35.0 Å². The van der Waals surface area contributed by atoms with Crippen LogP contribution in [0.1, 0.15) is 23.7 Å². The van der Waals surface area contributed by atoms with E-state index in [0.29, 0.717) is 23.8 Å². The van der Waals surface area contributed by atoms with Crippen LogP contribution in [0.25, 0.3) is 0 Å². The highest BCUT2D eigenvalue weighted by molar-refractivity contribution is 9.09. The van der Waals surface area contributed by atoms with Crippen LogP contribution in [0.5, 0.6) is 5.75 Å². The van der Waals surface area contributed by atoms with Crippen LogP contribution in [-0.4, -0.2) is 24.9 Å². The van der Waals surface area contributed by atoms with E-state index < -0.39 is 0 Å². The first kappa shape index (κ1) is 14.0. The van der Waals surface area contributed by atoms with Crippen molar-refractivity contribution in [3.8, 4) is 5.75 Å². The summed E-state index contributed by atoms with van der Waals surface area (Å²) in [5.41, 5.74) is 0.584. The van der Waals surface area contributed by atoms with Crippen LogP contribution < -0.4 is 10.1 Å². The lowest BCUT2D eigenvalue weighted by molar-refractivity contribution is 0.0945. The van der Waals surface area contributed by atoms with Gasteiger partial charge in [0.25, 0.3) is 5.91 Å². The predicted molar refractivity (Wildman–Crippen MR) is 72.9 cm³/mol. The summed E-state index contributed by atoms with van der Waals surface area (Å²) in [6.45, 7) is 2.80. The molecule has 0 aliphatic carbocycles. The number of amides is 1. The summed E-state index contributed by atoms with van der Waals surface area (Å²) in [6, 6.07) is 7.24. The van der Waals surface area contributed by atoms with E-state index in [1.165, 1.54) is 0 Å². The Morgan fingerprint density at radius 3 is 2.82 bits per heavy atom. The molecule has 0 saturated heterocycles. The molecule has 1 aromatic carbocycles. The maximum atomic E-state index is 11.9. The summed E-state index contributed by atoms with van der Waals surface area (Å²) in [7, 11) is 1.57. The van der Waals surface area contributed by atoms with Gasteiger partial charge in [0.05, 0.1) is 12.7 Å². The number of rotatable bonds is 6. The van der Waals surface area contributed by atoms with Crippen molar-refractivity contribution in [2.45, 2.75) is 13.3 Å². The summed E-state index contributed by atoms with van der Waals surface area (Å²) in [4.78, 5) is 11.9. The fraction of sp³-hybridized carbons (Fsp3) is 0.462. The smallest absolute Gasteiger partial charge is 0.255 e. The first-order valence-corrected chi connectivity index (χ1v) is 6.78. The van der Waals surface area contributed by atoms with Crippen LogP contribution in [0, 0.1) is 5.92 Å². The number of para-hydroxylation sites is 1.